The van der Waals surface area contributed by atoms with E-state index in [0.29, 0.717) is 18.7 Å². The lowest BCUT2D eigenvalue weighted by atomic mass is 10.0. The van der Waals surface area contributed by atoms with Gasteiger partial charge in [-0.05, 0) is 80.8 Å². The van der Waals surface area contributed by atoms with Crippen LogP contribution in [0.25, 0.3) is 0 Å². The van der Waals surface area contributed by atoms with E-state index in [1.807, 2.05) is 55.3 Å². The number of anilines is 1. The Bertz CT molecular complexity index is 1220. The molecule has 200 valence electrons. The van der Waals surface area contributed by atoms with E-state index >= 15 is 0 Å². The summed E-state index contributed by atoms with van der Waals surface area (Å²) in [6.07, 6.45) is 1.62. The van der Waals surface area contributed by atoms with E-state index < -0.39 is 11.7 Å². The summed E-state index contributed by atoms with van der Waals surface area (Å²) in [7, 11) is 0. The summed E-state index contributed by atoms with van der Waals surface area (Å²) >= 11 is 6.02. The van der Waals surface area contributed by atoms with Crippen LogP contribution in [0.4, 0.5) is 10.1 Å². The summed E-state index contributed by atoms with van der Waals surface area (Å²) in [4.78, 5) is 30.0. The second-order valence-electron chi connectivity index (χ2n) is 9.45. The molecule has 0 bridgehead atoms. The molecule has 38 heavy (non-hydrogen) atoms. The molecule has 3 aromatic rings. The minimum atomic E-state index is -0.567. The number of nitrogens with zero attached hydrogens (tertiary/aromatic N) is 3. The first kappa shape index (κ1) is 27.6. The van der Waals surface area contributed by atoms with Crippen LogP contribution in [0, 0.1) is 5.82 Å². The average molecular weight is 537 g/mol. The first-order chi connectivity index (χ1) is 18.4. The van der Waals surface area contributed by atoms with Crippen molar-refractivity contribution < 1.29 is 14.0 Å². The molecule has 4 rings (SSSR count). The van der Waals surface area contributed by atoms with Crippen molar-refractivity contribution in [3.05, 3.63) is 100 Å². The minimum Gasteiger partial charge on any atom is -0.339 e. The van der Waals surface area contributed by atoms with Crippen LogP contribution in [-0.2, 0) is 6.54 Å². The number of hydrogen-bond donors (Lipinski definition) is 1. The number of carbonyl (C=O) groups is 2. The second kappa shape index (κ2) is 12.9. The van der Waals surface area contributed by atoms with Crippen LogP contribution in [0.2, 0.25) is 5.02 Å². The number of rotatable bonds is 9. The van der Waals surface area contributed by atoms with Gasteiger partial charge in [0.25, 0.3) is 11.8 Å². The molecule has 0 aromatic heterocycles. The highest BCUT2D eigenvalue weighted by molar-refractivity contribution is 6.30. The Balaban J connectivity index is 1.51. The van der Waals surface area contributed by atoms with Crippen LogP contribution in [-0.4, -0.2) is 53.8 Å². The van der Waals surface area contributed by atoms with Gasteiger partial charge in [0, 0.05) is 43.3 Å². The lowest BCUT2D eigenvalue weighted by molar-refractivity contribution is 0.0772. The molecular weight excluding hydrogens is 503 g/mol. The molecule has 1 heterocycles. The summed E-state index contributed by atoms with van der Waals surface area (Å²) in [5.41, 5.74) is 5.49. The van der Waals surface area contributed by atoms with E-state index in [9.17, 15) is 14.0 Å². The number of benzene rings is 3. The van der Waals surface area contributed by atoms with Gasteiger partial charge in [-0.2, -0.15) is 0 Å². The lowest BCUT2D eigenvalue weighted by Gasteiger charge is -2.39. The lowest BCUT2D eigenvalue weighted by Crippen LogP contribution is -2.53. The predicted octanol–water partition coefficient (Wildman–Crippen LogP) is 5.78. The Morgan fingerprint density at radius 1 is 0.947 bits per heavy atom. The number of nitrogens with one attached hydrogen (secondary N) is 1. The van der Waals surface area contributed by atoms with Crippen LogP contribution in [0.5, 0.6) is 0 Å². The van der Waals surface area contributed by atoms with Crippen LogP contribution in [0.3, 0.4) is 0 Å². The normalized spacial score (nSPS) is 14.2. The molecule has 6 nitrogen and oxygen atoms in total. The topological polar surface area (TPSA) is 55.9 Å². The molecule has 2 amide bonds. The third-order valence-electron chi connectivity index (χ3n) is 7.03. The van der Waals surface area contributed by atoms with E-state index in [-0.39, 0.29) is 17.5 Å². The van der Waals surface area contributed by atoms with Gasteiger partial charge >= 0.3 is 0 Å². The molecular formula is C30H34ClFN4O2. The zero-order valence-electron chi connectivity index (χ0n) is 21.9. The van der Waals surface area contributed by atoms with Crippen LogP contribution in [0.1, 0.15) is 53.0 Å². The molecule has 0 aliphatic carbocycles. The summed E-state index contributed by atoms with van der Waals surface area (Å²) in [6, 6.07) is 21.1. The van der Waals surface area contributed by atoms with Gasteiger partial charge in [-0.1, -0.05) is 35.9 Å². The second-order valence-corrected chi connectivity index (χ2v) is 9.89. The number of hydrogen-bond acceptors (Lipinski definition) is 4. The Kier molecular flexibility index (Phi) is 9.37. The summed E-state index contributed by atoms with van der Waals surface area (Å²) in [5.74, 6) is -1.10. The zero-order chi connectivity index (χ0) is 27.1. The van der Waals surface area contributed by atoms with Crippen molar-refractivity contribution in [1.29, 1.82) is 0 Å². The molecule has 0 radical (unpaired) electrons. The van der Waals surface area contributed by atoms with Gasteiger partial charge in [0.05, 0.1) is 17.3 Å². The molecule has 0 saturated carbocycles. The number of likely N-dealkylation sites (tertiary alicyclic amines) is 1. The molecule has 0 atom stereocenters. The number of hydrazine groups is 1. The quantitative estimate of drug-likeness (QED) is 0.352. The van der Waals surface area contributed by atoms with Gasteiger partial charge in [-0.15, -0.1) is 0 Å². The standard InChI is InChI=1S/C30H34ClFN4O2/c1-3-35(4-2)30(38)23-11-15-25(16-12-23)36(33-29(37)27-7-5-6-8-28(27)32)26-17-19-34(20-18-26)21-22-9-13-24(31)14-10-22/h5-16,26H,3-4,17-21H2,1-2H3,(H,33,37). The highest BCUT2D eigenvalue weighted by Gasteiger charge is 2.27. The van der Waals surface area contributed by atoms with Gasteiger partial charge in [0.15, 0.2) is 0 Å². The first-order valence-corrected chi connectivity index (χ1v) is 13.5. The third kappa shape index (κ3) is 6.71. The summed E-state index contributed by atoms with van der Waals surface area (Å²) in [5, 5.41) is 2.55. The first-order valence-electron chi connectivity index (χ1n) is 13.1. The molecule has 1 N–H and O–H groups in total. The van der Waals surface area contributed by atoms with E-state index in [1.54, 1.807) is 29.2 Å². The molecule has 3 aromatic carbocycles. The fraction of sp³-hybridized carbons (Fsp3) is 0.333. The molecule has 0 unspecified atom stereocenters. The summed E-state index contributed by atoms with van der Waals surface area (Å²) in [6.45, 7) is 7.69. The Morgan fingerprint density at radius 3 is 2.18 bits per heavy atom. The van der Waals surface area contributed by atoms with Crippen LogP contribution < -0.4 is 10.4 Å². The van der Waals surface area contributed by atoms with Crippen molar-refractivity contribution in [3.63, 3.8) is 0 Å². The fourth-order valence-corrected chi connectivity index (χ4v) is 4.95. The van der Waals surface area contributed by atoms with Crippen molar-refractivity contribution in [2.24, 2.45) is 0 Å². The van der Waals surface area contributed by atoms with E-state index in [1.165, 1.54) is 17.7 Å². The smallest absolute Gasteiger partial charge is 0.272 e. The van der Waals surface area contributed by atoms with Gasteiger partial charge < -0.3 is 4.90 Å². The van der Waals surface area contributed by atoms with E-state index in [4.69, 9.17) is 11.6 Å². The van der Waals surface area contributed by atoms with Crippen LogP contribution >= 0.6 is 11.6 Å². The van der Waals surface area contributed by atoms with E-state index in [0.717, 1.165) is 43.2 Å². The van der Waals surface area contributed by atoms with Crippen molar-refractivity contribution >= 4 is 29.1 Å². The van der Waals surface area contributed by atoms with Gasteiger partial charge in [-0.3, -0.25) is 24.9 Å². The predicted molar refractivity (Wildman–Crippen MR) is 150 cm³/mol. The minimum absolute atomic E-state index is 0.00833. The van der Waals surface area contributed by atoms with Crippen molar-refractivity contribution in [2.45, 2.75) is 39.3 Å². The van der Waals surface area contributed by atoms with Gasteiger partial charge in [-0.25, -0.2) is 4.39 Å². The number of carbonyl (C=O) groups excluding carboxylic acids is 2. The number of amides is 2. The Morgan fingerprint density at radius 2 is 1.58 bits per heavy atom. The monoisotopic (exact) mass is 536 g/mol. The van der Waals surface area contributed by atoms with E-state index in [2.05, 4.69) is 10.3 Å². The fourth-order valence-electron chi connectivity index (χ4n) is 4.82. The number of piperidine rings is 1. The number of halogens is 2. The average Bonchev–Trinajstić information content (AvgIpc) is 2.94. The molecule has 0 spiro atoms. The zero-order valence-corrected chi connectivity index (χ0v) is 22.6. The molecule has 1 aliphatic heterocycles. The maximum Gasteiger partial charge on any atom is 0.272 e. The van der Waals surface area contributed by atoms with Crippen LogP contribution in [0.15, 0.2) is 72.8 Å². The third-order valence-corrected chi connectivity index (χ3v) is 7.28. The maximum absolute atomic E-state index is 14.4. The SMILES string of the molecule is CCN(CC)C(=O)c1ccc(N(NC(=O)c2ccccc2F)C2CCN(Cc3ccc(Cl)cc3)CC2)cc1. The highest BCUT2D eigenvalue weighted by atomic mass is 35.5. The Hall–Kier alpha value is -3.42. The van der Waals surface area contributed by atoms with Crippen molar-refractivity contribution in [1.82, 2.24) is 15.2 Å². The maximum atomic E-state index is 14.4. The summed E-state index contributed by atoms with van der Waals surface area (Å²) < 4.78 is 14.4. The molecule has 8 heteroatoms. The van der Waals surface area contributed by atoms with Gasteiger partial charge in [0.1, 0.15) is 5.82 Å². The van der Waals surface area contributed by atoms with Gasteiger partial charge in [0.2, 0.25) is 0 Å². The molecule has 1 fully saturated rings. The van der Waals surface area contributed by atoms with Crippen molar-refractivity contribution in [3.8, 4) is 0 Å². The molecule has 1 aliphatic rings. The van der Waals surface area contributed by atoms with Crippen molar-refractivity contribution in [2.75, 3.05) is 31.2 Å². The molecule has 1 saturated heterocycles. The Labute approximate surface area is 229 Å². The largest absolute Gasteiger partial charge is 0.339 e. The highest BCUT2D eigenvalue weighted by Crippen LogP contribution is 2.25.